The van der Waals surface area contributed by atoms with Crippen LogP contribution in [0.4, 0.5) is 0 Å². The predicted molar refractivity (Wildman–Crippen MR) is 90.9 cm³/mol. The van der Waals surface area contributed by atoms with Crippen LogP contribution in [0.5, 0.6) is 0 Å². The first-order valence-electron chi connectivity index (χ1n) is 7.08. The Morgan fingerprint density at radius 2 is 0.647 bits per heavy atom. The molecule has 0 aromatic rings. The van der Waals surface area contributed by atoms with E-state index in [0.717, 1.165) is 0 Å². The normalized spacial score (nSPS) is 24.0. The summed E-state index contributed by atoms with van der Waals surface area (Å²) < 4.78 is 0. The molecule has 0 unspecified atom stereocenters. The molecule has 0 aliphatic carbocycles. The summed E-state index contributed by atoms with van der Waals surface area (Å²) in [4.78, 5) is 0. The van der Waals surface area contributed by atoms with E-state index in [9.17, 15) is 0 Å². The topological polar surface area (TPSA) is 0 Å². The Hall–Kier alpha value is 1.40. The van der Waals surface area contributed by atoms with E-state index in [2.05, 4.69) is 21.6 Å². The molecule has 102 valence electrons. The molecule has 0 saturated carbocycles. The maximum absolute atomic E-state index is 2.05. The minimum absolute atomic E-state index is 1.35. The van der Waals surface area contributed by atoms with Crippen LogP contribution >= 0.6 is 41.2 Å². The van der Waals surface area contributed by atoms with Crippen LogP contribution in [0.15, 0.2) is 0 Å². The standard InChI is InChI=1S/C13H26S4/c1-2-4-6-8-10-12-14-16-17-15-13-11-9-7-5-3-1/h1-13H2. The summed E-state index contributed by atoms with van der Waals surface area (Å²) in [5.41, 5.74) is 0. The molecule has 0 atom stereocenters. The lowest BCUT2D eigenvalue weighted by atomic mass is 10.1. The molecule has 0 aromatic carbocycles. The van der Waals surface area contributed by atoms with Gasteiger partial charge >= 0.3 is 0 Å². The molecule has 0 bridgehead atoms. The van der Waals surface area contributed by atoms with Crippen LogP contribution in [0.3, 0.4) is 0 Å². The van der Waals surface area contributed by atoms with Gasteiger partial charge in [-0.2, -0.15) is 0 Å². The van der Waals surface area contributed by atoms with Crippen molar-refractivity contribution < 1.29 is 0 Å². The highest BCUT2D eigenvalue weighted by atomic mass is 33.7. The van der Waals surface area contributed by atoms with Crippen molar-refractivity contribution in [2.75, 3.05) is 11.5 Å². The van der Waals surface area contributed by atoms with E-state index < -0.39 is 0 Å². The average Bonchev–Trinajstić information content (AvgIpc) is 2.35. The first-order chi connectivity index (χ1) is 8.50. The molecule has 0 spiro atoms. The van der Waals surface area contributed by atoms with Crippen LogP contribution < -0.4 is 0 Å². The Bertz CT molecular complexity index is 82.9. The van der Waals surface area contributed by atoms with E-state index in [1.807, 2.05) is 19.7 Å². The van der Waals surface area contributed by atoms with Gasteiger partial charge in [0.15, 0.2) is 0 Å². The molecule has 17 heavy (non-hydrogen) atoms. The lowest BCUT2D eigenvalue weighted by Gasteiger charge is -2.02. The lowest BCUT2D eigenvalue weighted by Crippen LogP contribution is -1.83. The molecule has 0 nitrogen and oxygen atoms in total. The van der Waals surface area contributed by atoms with Crippen molar-refractivity contribution in [3.05, 3.63) is 0 Å². The molecular weight excluding hydrogens is 284 g/mol. The first kappa shape index (κ1) is 16.5. The van der Waals surface area contributed by atoms with Crippen molar-refractivity contribution in [1.29, 1.82) is 0 Å². The van der Waals surface area contributed by atoms with E-state index in [1.54, 1.807) is 0 Å². The van der Waals surface area contributed by atoms with Crippen molar-refractivity contribution >= 4 is 41.2 Å². The summed E-state index contributed by atoms with van der Waals surface area (Å²) >= 11 is 0. The fourth-order valence-corrected chi connectivity index (χ4v) is 8.28. The van der Waals surface area contributed by atoms with E-state index in [-0.39, 0.29) is 0 Å². The molecule has 1 aliphatic rings. The fourth-order valence-electron chi connectivity index (χ4n) is 2.02. The van der Waals surface area contributed by atoms with Gasteiger partial charge in [0.25, 0.3) is 0 Å². The fraction of sp³-hybridized carbons (Fsp3) is 1.00. The van der Waals surface area contributed by atoms with Crippen LogP contribution in [-0.2, 0) is 0 Å². The van der Waals surface area contributed by atoms with Crippen LogP contribution in [0.2, 0.25) is 0 Å². The second kappa shape index (κ2) is 13.8. The third-order valence-electron chi connectivity index (χ3n) is 3.08. The molecule has 1 rings (SSSR count). The first-order valence-corrected chi connectivity index (χ1v) is 12.2. The highest BCUT2D eigenvalue weighted by molar-refractivity contribution is 9.26. The summed E-state index contributed by atoms with van der Waals surface area (Å²) in [5, 5.41) is 0. The van der Waals surface area contributed by atoms with Gasteiger partial charge in [0.1, 0.15) is 0 Å². The van der Waals surface area contributed by atoms with Crippen LogP contribution in [0.25, 0.3) is 0 Å². The van der Waals surface area contributed by atoms with Crippen molar-refractivity contribution in [3.63, 3.8) is 0 Å². The van der Waals surface area contributed by atoms with Crippen molar-refractivity contribution in [2.24, 2.45) is 0 Å². The zero-order chi connectivity index (χ0) is 12.0. The smallest absolute Gasteiger partial charge is 0.00454 e. The molecular formula is C13H26S4. The SMILES string of the molecule is C1CCCCCCSSSSCCCCCC1. The summed E-state index contributed by atoms with van der Waals surface area (Å²) in [6, 6.07) is 0. The third kappa shape index (κ3) is 12.2. The van der Waals surface area contributed by atoms with Gasteiger partial charge in [-0.05, 0) is 32.5 Å². The molecule has 1 saturated heterocycles. The van der Waals surface area contributed by atoms with E-state index in [1.165, 1.54) is 82.1 Å². The van der Waals surface area contributed by atoms with Crippen LogP contribution in [0.1, 0.15) is 70.6 Å². The molecule has 0 aromatic heterocycles. The zero-order valence-electron chi connectivity index (χ0n) is 10.8. The number of rotatable bonds is 0. The van der Waals surface area contributed by atoms with Gasteiger partial charge in [-0.3, -0.25) is 0 Å². The summed E-state index contributed by atoms with van der Waals surface area (Å²) in [7, 11) is 8.08. The molecule has 1 fully saturated rings. The molecule has 0 radical (unpaired) electrons. The quantitative estimate of drug-likeness (QED) is 0.443. The predicted octanol–water partition coefficient (Wildman–Crippen LogP) is 6.97. The van der Waals surface area contributed by atoms with Gasteiger partial charge in [0, 0.05) is 11.5 Å². The second-order valence-corrected chi connectivity index (χ2v) is 10.9. The Morgan fingerprint density at radius 1 is 0.353 bits per heavy atom. The van der Waals surface area contributed by atoms with Crippen LogP contribution in [0, 0.1) is 0 Å². The molecule has 0 N–H and O–H groups in total. The van der Waals surface area contributed by atoms with E-state index in [4.69, 9.17) is 0 Å². The Labute approximate surface area is 123 Å². The molecule has 4 heteroatoms. The number of hydrogen-bond acceptors (Lipinski definition) is 4. The molecule has 0 amide bonds. The maximum Gasteiger partial charge on any atom is 0.00454 e. The number of hydrogen-bond donors (Lipinski definition) is 0. The minimum Gasteiger partial charge on any atom is -0.0817 e. The molecule has 1 aliphatic heterocycles. The Balaban J connectivity index is 2.01. The van der Waals surface area contributed by atoms with E-state index >= 15 is 0 Å². The van der Waals surface area contributed by atoms with Crippen LogP contribution in [-0.4, -0.2) is 11.5 Å². The third-order valence-corrected chi connectivity index (χ3v) is 9.71. The summed E-state index contributed by atoms with van der Waals surface area (Å²) in [6.45, 7) is 0. The lowest BCUT2D eigenvalue weighted by molar-refractivity contribution is 0.555. The average molecular weight is 311 g/mol. The summed E-state index contributed by atoms with van der Waals surface area (Å²) in [5.74, 6) is 2.69. The van der Waals surface area contributed by atoms with Gasteiger partial charge in [-0.25, -0.2) is 0 Å². The minimum atomic E-state index is 1.35. The largest absolute Gasteiger partial charge is 0.0817 e. The van der Waals surface area contributed by atoms with Gasteiger partial charge in [0.05, 0.1) is 0 Å². The van der Waals surface area contributed by atoms with Gasteiger partial charge < -0.3 is 0 Å². The van der Waals surface area contributed by atoms with Gasteiger partial charge in [-0.1, -0.05) is 79.4 Å². The van der Waals surface area contributed by atoms with Gasteiger partial charge in [0.2, 0.25) is 0 Å². The molecule has 1 heterocycles. The van der Waals surface area contributed by atoms with Crippen molar-refractivity contribution in [3.8, 4) is 0 Å². The maximum atomic E-state index is 2.05. The summed E-state index contributed by atoms with van der Waals surface area (Å²) in [6.07, 6.45) is 16.1. The Morgan fingerprint density at radius 3 is 1.00 bits per heavy atom. The second-order valence-electron chi connectivity index (χ2n) is 4.67. The highest BCUT2D eigenvalue weighted by Gasteiger charge is 1.97. The highest BCUT2D eigenvalue weighted by Crippen LogP contribution is 2.43. The Kier molecular flexibility index (Phi) is 13.4. The van der Waals surface area contributed by atoms with Crippen molar-refractivity contribution in [2.45, 2.75) is 70.6 Å². The van der Waals surface area contributed by atoms with Gasteiger partial charge in [-0.15, -0.1) is 0 Å². The van der Waals surface area contributed by atoms with E-state index in [0.29, 0.717) is 0 Å². The monoisotopic (exact) mass is 310 g/mol. The zero-order valence-corrected chi connectivity index (χ0v) is 14.1. The van der Waals surface area contributed by atoms with Crippen molar-refractivity contribution in [1.82, 2.24) is 0 Å².